The summed E-state index contributed by atoms with van der Waals surface area (Å²) in [7, 11) is 0. The Labute approximate surface area is 118 Å². The zero-order chi connectivity index (χ0) is 14.0. The Morgan fingerprint density at radius 2 is 2.00 bits per heavy atom. The van der Waals surface area contributed by atoms with E-state index in [1.165, 1.54) is 29.7 Å². The van der Waals surface area contributed by atoms with E-state index in [2.05, 4.69) is 18.7 Å². The SMILES string of the molecule is CCOC(=O)c1sc(N(CC)CC)c(C2CC2)c1N. The second-order valence-electron chi connectivity index (χ2n) is 4.73. The summed E-state index contributed by atoms with van der Waals surface area (Å²) in [6.45, 7) is 8.31. The van der Waals surface area contributed by atoms with Gasteiger partial charge >= 0.3 is 5.97 Å². The third kappa shape index (κ3) is 2.71. The number of esters is 1. The van der Waals surface area contributed by atoms with Crippen LogP contribution in [-0.4, -0.2) is 25.7 Å². The monoisotopic (exact) mass is 282 g/mol. The second kappa shape index (κ2) is 5.82. The highest BCUT2D eigenvalue weighted by atomic mass is 32.1. The Hall–Kier alpha value is -1.23. The maximum atomic E-state index is 12.0. The third-order valence-electron chi connectivity index (χ3n) is 3.46. The minimum Gasteiger partial charge on any atom is -0.462 e. The normalized spacial score (nSPS) is 14.5. The summed E-state index contributed by atoms with van der Waals surface area (Å²) in [4.78, 5) is 14.8. The molecule has 0 spiro atoms. The lowest BCUT2D eigenvalue weighted by atomic mass is 10.1. The van der Waals surface area contributed by atoms with E-state index in [0.29, 0.717) is 23.1 Å². The molecule has 0 amide bonds. The number of rotatable bonds is 6. The van der Waals surface area contributed by atoms with Crippen LogP contribution in [0.15, 0.2) is 0 Å². The summed E-state index contributed by atoms with van der Waals surface area (Å²) in [5.74, 6) is 0.250. The molecule has 4 nitrogen and oxygen atoms in total. The Morgan fingerprint density at radius 3 is 2.47 bits per heavy atom. The number of thiophene rings is 1. The van der Waals surface area contributed by atoms with E-state index in [0.717, 1.165) is 18.1 Å². The first kappa shape index (κ1) is 14.2. The van der Waals surface area contributed by atoms with Gasteiger partial charge in [-0.2, -0.15) is 0 Å². The molecular weight excluding hydrogens is 260 g/mol. The number of carbonyl (C=O) groups is 1. The third-order valence-corrected chi connectivity index (χ3v) is 4.72. The predicted molar refractivity (Wildman–Crippen MR) is 80.2 cm³/mol. The van der Waals surface area contributed by atoms with Gasteiger partial charge in [-0.1, -0.05) is 0 Å². The molecule has 5 heteroatoms. The van der Waals surface area contributed by atoms with Crippen LogP contribution in [-0.2, 0) is 4.74 Å². The average Bonchev–Trinajstić information content (AvgIpc) is 3.16. The highest BCUT2D eigenvalue weighted by Crippen LogP contribution is 2.52. The number of nitrogens with zero attached hydrogens (tertiary/aromatic N) is 1. The largest absolute Gasteiger partial charge is 0.462 e. The summed E-state index contributed by atoms with van der Waals surface area (Å²) >= 11 is 1.49. The highest BCUT2D eigenvalue weighted by Gasteiger charge is 2.34. The summed E-state index contributed by atoms with van der Waals surface area (Å²) in [5, 5.41) is 1.16. The van der Waals surface area contributed by atoms with Crippen molar-refractivity contribution in [1.82, 2.24) is 0 Å². The second-order valence-corrected chi connectivity index (χ2v) is 5.73. The Kier molecular flexibility index (Phi) is 4.34. The summed E-state index contributed by atoms with van der Waals surface area (Å²) in [5.41, 5.74) is 8.03. The minimum absolute atomic E-state index is 0.287. The van der Waals surface area contributed by atoms with Gasteiger partial charge in [0.05, 0.1) is 17.3 Å². The zero-order valence-electron chi connectivity index (χ0n) is 11.9. The molecule has 1 aromatic rings. The van der Waals surface area contributed by atoms with E-state index in [4.69, 9.17) is 10.5 Å². The van der Waals surface area contributed by atoms with Crippen molar-refractivity contribution in [3.63, 3.8) is 0 Å². The van der Waals surface area contributed by atoms with Gasteiger partial charge < -0.3 is 15.4 Å². The standard InChI is InChI=1S/C14H22N2O2S/c1-4-16(5-2)13-10(9-7-8-9)11(15)12(19-13)14(17)18-6-3/h9H,4-8,15H2,1-3H3. The predicted octanol–water partition coefficient (Wildman–Crippen LogP) is 3.23. The van der Waals surface area contributed by atoms with Crippen molar-refractivity contribution in [2.75, 3.05) is 30.3 Å². The molecule has 0 bridgehead atoms. The van der Waals surface area contributed by atoms with Gasteiger partial charge in [0.25, 0.3) is 0 Å². The summed E-state index contributed by atoms with van der Waals surface area (Å²) < 4.78 is 5.10. The van der Waals surface area contributed by atoms with Gasteiger partial charge in [-0.05, 0) is 39.5 Å². The molecule has 1 fully saturated rings. The van der Waals surface area contributed by atoms with Crippen molar-refractivity contribution in [3.05, 3.63) is 10.4 Å². The van der Waals surface area contributed by atoms with Crippen LogP contribution < -0.4 is 10.6 Å². The molecule has 0 aromatic carbocycles. The number of nitrogen functional groups attached to an aromatic ring is 1. The van der Waals surface area contributed by atoms with Crippen LogP contribution in [0.4, 0.5) is 10.7 Å². The van der Waals surface area contributed by atoms with Crippen LogP contribution in [0, 0.1) is 0 Å². The fourth-order valence-corrected chi connectivity index (χ4v) is 3.63. The molecule has 0 unspecified atom stereocenters. The van der Waals surface area contributed by atoms with Crippen molar-refractivity contribution in [3.8, 4) is 0 Å². The quantitative estimate of drug-likeness (QED) is 0.814. The van der Waals surface area contributed by atoms with E-state index in [1.807, 2.05) is 6.92 Å². The summed E-state index contributed by atoms with van der Waals surface area (Å²) in [6.07, 6.45) is 2.36. The van der Waals surface area contributed by atoms with Gasteiger partial charge in [-0.3, -0.25) is 0 Å². The van der Waals surface area contributed by atoms with Gasteiger partial charge in [0.1, 0.15) is 4.88 Å². The van der Waals surface area contributed by atoms with E-state index < -0.39 is 0 Å². The number of ether oxygens (including phenoxy) is 1. The van der Waals surface area contributed by atoms with Gasteiger partial charge in [0, 0.05) is 18.7 Å². The Morgan fingerprint density at radius 1 is 1.37 bits per heavy atom. The topological polar surface area (TPSA) is 55.6 Å². The fraction of sp³-hybridized carbons (Fsp3) is 0.643. The molecule has 1 aromatic heterocycles. The van der Waals surface area contributed by atoms with Crippen molar-refractivity contribution in [2.24, 2.45) is 0 Å². The molecule has 1 heterocycles. The van der Waals surface area contributed by atoms with E-state index >= 15 is 0 Å². The lowest BCUT2D eigenvalue weighted by Gasteiger charge is -2.20. The molecule has 2 rings (SSSR count). The number of hydrogen-bond acceptors (Lipinski definition) is 5. The summed E-state index contributed by atoms with van der Waals surface area (Å²) in [6, 6.07) is 0. The average molecular weight is 282 g/mol. The zero-order valence-corrected chi connectivity index (χ0v) is 12.7. The van der Waals surface area contributed by atoms with Gasteiger partial charge in [0.2, 0.25) is 0 Å². The first-order valence-corrected chi connectivity index (χ1v) is 7.79. The maximum absolute atomic E-state index is 12.0. The van der Waals surface area contributed by atoms with Crippen LogP contribution >= 0.6 is 11.3 Å². The van der Waals surface area contributed by atoms with E-state index in [1.54, 1.807) is 0 Å². The van der Waals surface area contributed by atoms with Crippen molar-refractivity contribution >= 4 is 28.0 Å². The van der Waals surface area contributed by atoms with Crippen LogP contribution in [0.1, 0.15) is 54.8 Å². The van der Waals surface area contributed by atoms with Gasteiger partial charge in [0.15, 0.2) is 0 Å². The molecule has 19 heavy (non-hydrogen) atoms. The van der Waals surface area contributed by atoms with Crippen molar-refractivity contribution in [2.45, 2.75) is 39.5 Å². The Balaban J connectivity index is 2.41. The molecule has 1 aliphatic carbocycles. The number of hydrogen-bond donors (Lipinski definition) is 1. The minimum atomic E-state index is -0.287. The number of carbonyl (C=O) groups excluding carboxylic acids is 1. The van der Waals surface area contributed by atoms with Crippen molar-refractivity contribution < 1.29 is 9.53 Å². The fourth-order valence-electron chi connectivity index (χ4n) is 2.30. The van der Waals surface area contributed by atoms with E-state index in [9.17, 15) is 4.79 Å². The molecular formula is C14H22N2O2S. The Bertz CT molecular complexity index is 462. The molecule has 2 N–H and O–H groups in total. The molecule has 0 atom stereocenters. The van der Waals surface area contributed by atoms with Gasteiger partial charge in [-0.25, -0.2) is 4.79 Å². The molecule has 106 valence electrons. The molecule has 0 saturated heterocycles. The lowest BCUT2D eigenvalue weighted by molar-refractivity contribution is 0.0533. The maximum Gasteiger partial charge on any atom is 0.350 e. The van der Waals surface area contributed by atoms with Crippen LogP contribution in [0.3, 0.4) is 0 Å². The molecule has 1 saturated carbocycles. The van der Waals surface area contributed by atoms with Crippen molar-refractivity contribution in [1.29, 1.82) is 0 Å². The number of nitrogens with two attached hydrogens (primary N) is 1. The van der Waals surface area contributed by atoms with E-state index in [-0.39, 0.29) is 5.97 Å². The highest BCUT2D eigenvalue weighted by molar-refractivity contribution is 7.18. The van der Waals surface area contributed by atoms with Crippen LogP contribution in [0.25, 0.3) is 0 Å². The smallest absolute Gasteiger partial charge is 0.350 e. The molecule has 0 radical (unpaired) electrons. The van der Waals surface area contributed by atoms with Crippen LogP contribution in [0.2, 0.25) is 0 Å². The first-order valence-electron chi connectivity index (χ1n) is 6.98. The lowest BCUT2D eigenvalue weighted by Crippen LogP contribution is -2.21. The first-order chi connectivity index (χ1) is 9.13. The van der Waals surface area contributed by atoms with Gasteiger partial charge in [-0.15, -0.1) is 11.3 Å². The molecule has 1 aliphatic rings. The molecule has 0 aliphatic heterocycles. The van der Waals surface area contributed by atoms with Crippen LogP contribution in [0.5, 0.6) is 0 Å². The number of anilines is 2.